The lowest BCUT2D eigenvalue weighted by Gasteiger charge is -2.39. The highest BCUT2D eigenvalue weighted by Crippen LogP contribution is 2.41. The topological polar surface area (TPSA) is 71.1 Å². The Morgan fingerprint density at radius 1 is 1.08 bits per heavy atom. The van der Waals surface area contributed by atoms with Crippen LogP contribution in [0.1, 0.15) is 26.3 Å². The lowest BCUT2D eigenvalue weighted by Crippen LogP contribution is -2.54. The van der Waals surface area contributed by atoms with E-state index in [0.29, 0.717) is 22.9 Å². The average Bonchev–Trinajstić information content (AvgIpc) is 2.85. The minimum Gasteiger partial charge on any atom is -0.496 e. The van der Waals surface area contributed by atoms with Gasteiger partial charge in [-0.15, -0.1) is 0 Å². The van der Waals surface area contributed by atoms with Crippen LogP contribution in [0.2, 0.25) is 0 Å². The molecule has 0 aromatic heterocycles. The SMILES string of the molecule is COc1cc(N(C)C(C)=O)ccc1-c1ccc2c(c1)N(COc1cc(F)ccc1C)C(=O)C(C)(C)N2. The molecular weight excluding hydrogens is 461 g/mol. The predicted molar refractivity (Wildman–Crippen MR) is 139 cm³/mol. The molecule has 0 bridgehead atoms. The molecule has 1 aliphatic rings. The zero-order chi connectivity index (χ0) is 26.2. The first-order valence-corrected chi connectivity index (χ1v) is 11.6. The van der Waals surface area contributed by atoms with Crippen molar-refractivity contribution in [3.63, 3.8) is 0 Å². The van der Waals surface area contributed by atoms with Crippen LogP contribution < -0.4 is 24.6 Å². The number of carbonyl (C=O) groups is 2. The van der Waals surface area contributed by atoms with Crippen LogP contribution in [-0.4, -0.2) is 38.2 Å². The summed E-state index contributed by atoms with van der Waals surface area (Å²) >= 11 is 0. The monoisotopic (exact) mass is 491 g/mol. The van der Waals surface area contributed by atoms with Gasteiger partial charge in [-0.2, -0.15) is 0 Å². The number of nitrogens with zero attached hydrogens (tertiary/aromatic N) is 2. The molecule has 2 amide bonds. The summed E-state index contributed by atoms with van der Waals surface area (Å²) in [5.74, 6) is 0.302. The van der Waals surface area contributed by atoms with Crippen LogP contribution in [-0.2, 0) is 9.59 Å². The van der Waals surface area contributed by atoms with Gasteiger partial charge in [0.25, 0.3) is 5.91 Å². The number of hydrogen-bond acceptors (Lipinski definition) is 5. The summed E-state index contributed by atoms with van der Waals surface area (Å²) in [6.45, 7) is 6.85. The number of aryl methyl sites for hydroxylation is 1. The fourth-order valence-electron chi connectivity index (χ4n) is 4.17. The number of anilines is 3. The lowest BCUT2D eigenvalue weighted by atomic mass is 9.96. The normalized spacial score (nSPS) is 14.1. The highest BCUT2D eigenvalue weighted by Gasteiger charge is 2.39. The quantitative estimate of drug-likeness (QED) is 0.502. The Kier molecular flexibility index (Phi) is 6.63. The summed E-state index contributed by atoms with van der Waals surface area (Å²) in [7, 11) is 3.27. The molecule has 1 aliphatic heterocycles. The Balaban J connectivity index is 1.73. The number of rotatable bonds is 6. The highest BCUT2D eigenvalue weighted by molar-refractivity contribution is 6.08. The van der Waals surface area contributed by atoms with Gasteiger partial charge in [-0.1, -0.05) is 12.1 Å². The molecule has 0 spiro atoms. The van der Waals surface area contributed by atoms with Crippen molar-refractivity contribution in [1.82, 2.24) is 0 Å². The van der Waals surface area contributed by atoms with Gasteiger partial charge >= 0.3 is 0 Å². The van der Waals surface area contributed by atoms with Crippen LogP contribution in [0.25, 0.3) is 11.1 Å². The second-order valence-electron chi connectivity index (χ2n) is 9.36. The third-order valence-electron chi connectivity index (χ3n) is 6.37. The van der Waals surface area contributed by atoms with Gasteiger partial charge in [0.2, 0.25) is 5.91 Å². The summed E-state index contributed by atoms with van der Waals surface area (Å²) in [6.07, 6.45) is 0. The summed E-state index contributed by atoms with van der Waals surface area (Å²) in [6, 6.07) is 15.6. The number of halogens is 1. The lowest BCUT2D eigenvalue weighted by molar-refractivity contribution is -0.122. The number of amides is 2. The fraction of sp³-hybridized carbons (Fsp3) is 0.286. The van der Waals surface area contributed by atoms with Gasteiger partial charge in [-0.3, -0.25) is 14.5 Å². The van der Waals surface area contributed by atoms with E-state index < -0.39 is 11.4 Å². The van der Waals surface area contributed by atoms with Crippen molar-refractivity contribution in [3.05, 3.63) is 66.0 Å². The summed E-state index contributed by atoms with van der Waals surface area (Å²) in [5, 5.41) is 3.30. The molecular formula is C28H30FN3O4. The zero-order valence-corrected chi connectivity index (χ0v) is 21.3. The smallest absolute Gasteiger partial charge is 0.254 e. The minimum absolute atomic E-state index is 0.0792. The van der Waals surface area contributed by atoms with Crippen molar-refractivity contribution in [1.29, 1.82) is 0 Å². The van der Waals surface area contributed by atoms with Crippen LogP contribution in [0.15, 0.2) is 54.6 Å². The summed E-state index contributed by atoms with van der Waals surface area (Å²) in [5.41, 5.74) is 3.66. The standard InChI is InChI=1S/C28H30FN3O4/c1-17-7-9-20(29)14-25(17)36-16-32-24-13-19(8-12-23(24)30-28(3,4)27(32)34)22-11-10-21(15-26(22)35-6)31(5)18(2)33/h7-15,30H,16H2,1-6H3. The number of benzene rings is 3. The molecule has 3 aromatic rings. The number of carbonyl (C=O) groups excluding carboxylic acids is 2. The molecule has 1 N–H and O–H groups in total. The number of methoxy groups -OCH3 is 1. The van der Waals surface area contributed by atoms with E-state index in [4.69, 9.17) is 9.47 Å². The van der Waals surface area contributed by atoms with E-state index >= 15 is 0 Å². The van der Waals surface area contributed by atoms with Crippen LogP contribution in [0.3, 0.4) is 0 Å². The summed E-state index contributed by atoms with van der Waals surface area (Å²) < 4.78 is 25.3. The molecule has 3 aromatic carbocycles. The molecule has 188 valence electrons. The third kappa shape index (κ3) is 4.71. The Morgan fingerprint density at radius 2 is 1.83 bits per heavy atom. The van der Waals surface area contributed by atoms with E-state index in [0.717, 1.165) is 22.4 Å². The van der Waals surface area contributed by atoms with Crippen LogP contribution in [0.5, 0.6) is 11.5 Å². The molecule has 0 unspecified atom stereocenters. The summed E-state index contributed by atoms with van der Waals surface area (Å²) in [4.78, 5) is 28.3. The van der Waals surface area contributed by atoms with Crippen molar-refractivity contribution >= 4 is 28.9 Å². The van der Waals surface area contributed by atoms with E-state index in [1.54, 1.807) is 45.0 Å². The van der Waals surface area contributed by atoms with E-state index in [1.807, 2.05) is 37.3 Å². The number of hydrogen-bond donors (Lipinski definition) is 1. The number of ether oxygens (including phenoxy) is 2. The van der Waals surface area contributed by atoms with Crippen molar-refractivity contribution in [2.45, 2.75) is 33.2 Å². The van der Waals surface area contributed by atoms with E-state index in [-0.39, 0.29) is 18.5 Å². The van der Waals surface area contributed by atoms with Gasteiger partial charge in [0.05, 0.1) is 18.5 Å². The molecule has 8 heteroatoms. The van der Waals surface area contributed by atoms with Gasteiger partial charge in [0.1, 0.15) is 22.9 Å². The number of fused-ring (bicyclic) bond motifs is 1. The van der Waals surface area contributed by atoms with Gasteiger partial charge < -0.3 is 19.7 Å². The Bertz CT molecular complexity index is 1340. The molecule has 0 aliphatic carbocycles. The van der Waals surface area contributed by atoms with E-state index in [2.05, 4.69) is 5.32 Å². The first-order valence-electron chi connectivity index (χ1n) is 11.6. The first kappa shape index (κ1) is 25.0. The van der Waals surface area contributed by atoms with Gasteiger partial charge in [-0.05, 0) is 62.2 Å². The zero-order valence-electron chi connectivity index (χ0n) is 21.3. The van der Waals surface area contributed by atoms with Crippen LogP contribution in [0.4, 0.5) is 21.5 Å². The molecule has 0 saturated heterocycles. The minimum atomic E-state index is -0.856. The maximum Gasteiger partial charge on any atom is 0.254 e. The largest absolute Gasteiger partial charge is 0.496 e. The predicted octanol–water partition coefficient (Wildman–Crippen LogP) is 5.37. The molecule has 0 fully saturated rings. The molecule has 0 saturated carbocycles. The van der Waals surface area contributed by atoms with Gasteiger partial charge in [0.15, 0.2) is 6.73 Å². The maximum absolute atomic E-state index is 13.8. The van der Waals surface area contributed by atoms with Crippen molar-refractivity contribution < 1.29 is 23.5 Å². The molecule has 1 heterocycles. The van der Waals surface area contributed by atoms with Gasteiger partial charge in [-0.25, -0.2) is 4.39 Å². The third-order valence-corrected chi connectivity index (χ3v) is 6.37. The molecule has 0 atom stereocenters. The average molecular weight is 492 g/mol. The fourth-order valence-corrected chi connectivity index (χ4v) is 4.17. The van der Waals surface area contributed by atoms with Gasteiger partial charge in [0, 0.05) is 37.4 Å². The molecule has 36 heavy (non-hydrogen) atoms. The van der Waals surface area contributed by atoms with Crippen molar-refractivity contribution in [3.8, 4) is 22.6 Å². The van der Waals surface area contributed by atoms with Crippen molar-refractivity contribution in [2.24, 2.45) is 0 Å². The van der Waals surface area contributed by atoms with Crippen LogP contribution >= 0.6 is 0 Å². The highest BCUT2D eigenvalue weighted by atomic mass is 19.1. The van der Waals surface area contributed by atoms with Crippen molar-refractivity contribution in [2.75, 3.05) is 36.0 Å². The first-order chi connectivity index (χ1) is 17.0. The molecule has 4 rings (SSSR count). The second kappa shape index (κ2) is 9.53. The molecule has 0 radical (unpaired) electrons. The molecule has 7 nitrogen and oxygen atoms in total. The van der Waals surface area contributed by atoms with E-state index in [1.165, 1.54) is 24.0 Å². The second-order valence-corrected chi connectivity index (χ2v) is 9.36. The maximum atomic E-state index is 13.8. The Morgan fingerprint density at radius 3 is 2.53 bits per heavy atom. The Hall–Kier alpha value is -4.07. The van der Waals surface area contributed by atoms with E-state index in [9.17, 15) is 14.0 Å². The Labute approximate surface area is 210 Å². The number of nitrogens with one attached hydrogen (secondary N) is 1. The van der Waals surface area contributed by atoms with Crippen LogP contribution in [0, 0.1) is 12.7 Å².